The number of halogens is 2. The second-order valence-corrected chi connectivity index (χ2v) is 6.36. The van der Waals surface area contributed by atoms with E-state index in [1.54, 1.807) is 24.7 Å². The van der Waals surface area contributed by atoms with Crippen LogP contribution in [-0.4, -0.2) is 38.2 Å². The minimum Gasteiger partial charge on any atom is -0.419 e. The average Bonchev–Trinajstić information content (AvgIpc) is 3.16. The Hall–Kier alpha value is -2.74. The average molecular weight is 357 g/mol. The number of rotatable bonds is 4. The Balaban J connectivity index is 1.45. The molecule has 8 heteroatoms. The Bertz CT molecular complexity index is 886. The summed E-state index contributed by atoms with van der Waals surface area (Å²) in [4.78, 5) is 10.3. The van der Waals surface area contributed by atoms with E-state index in [1.165, 1.54) is 6.07 Å². The highest BCUT2D eigenvalue weighted by Crippen LogP contribution is 2.28. The van der Waals surface area contributed by atoms with Crippen molar-refractivity contribution < 1.29 is 13.2 Å². The molecule has 0 radical (unpaired) electrons. The maximum Gasteiger partial charge on any atom is 0.267 e. The molecule has 0 saturated carbocycles. The van der Waals surface area contributed by atoms with Gasteiger partial charge in [0.25, 0.3) is 5.89 Å². The normalized spacial score (nSPS) is 18.2. The van der Waals surface area contributed by atoms with E-state index in [9.17, 15) is 8.78 Å². The summed E-state index contributed by atoms with van der Waals surface area (Å²) in [5.74, 6) is -0.618. The van der Waals surface area contributed by atoms with Crippen LogP contribution in [0.5, 0.6) is 0 Å². The highest BCUT2D eigenvalue weighted by Gasteiger charge is 2.26. The fraction of sp³-hybridized carbons (Fsp3) is 0.333. The van der Waals surface area contributed by atoms with Crippen LogP contribution in [-0.2, 0) is 6.54 Å². The number of nitrogens with zero attached hydrogens (tertiary/aromatic N) is 5. The van der Waals surface area contributed by atoms with Crippen molar-refractivity contribution in [3.05, 3.63) is 59.9 Å². The highest BCUT2D eigenvalue weighted by atomic mass is 19.2. The Morgan fingerprint density at radius 3 is 2.88 bits per heavy atom. The molecule has 0 N–H and O–H groups in total. The van der Waals surface area contributed by atoms with E-state index in [-0.39, 0.29) is 5.92 Å². The summed E-state index contributed by atoms with van der Waals surface area (Å²) in [5, 5.41) is 8.23. The molecule has 2 aromatic heterocycles. The molecule has 134 valence electrons. The lowest BCUT2D eigenvalue weighted by molar-refractivity contribution is 0.186. The molecule has 1 aromatic carbocycles. The summed E-state index contributed by atoms with van der Waals surface area (Å²) in [6, 6.07) is 4.02. The summed E-state index contributed by atoms with van der Waals surface area (Å²) in [5.41, 5.74) is 1.29. The van der Waals surface area contributed by atoms with Gasteiger partial charge in [-0.1, -0.05) is 6.07 Å². The first-order valence-corrected chi connectivity index (χ1v) is 8.45. The second-order valence-electron chi connectivity index (χ2n) is 6.36. The van der Waals surface area contributed by atoms with Gasteiger partial charge in [0.15, 0.2) is 11.6 Å². The highest BCUT2D eigenvalue weighted by molar-refractivity contribution is 5.43. The van der Waals surface area contributed by atoms with Crippen LogP contribution in [0.25, 0.3) is 11.6 Å². The zero-order valence-corrected chi connectivity index (χ0v) is 14.0. The number of hydrogen-bond donors (Lipinski definition) is 0. The largest absolute Gasteiger partial charge is 0.419 e. The van der Waals surface area contributed by atoms with E-state index in [0.29, 0.717) is 24.0 Å². The van der Waals surface area contributed by atoms with Crippen molar-refractivity contribution in [2.75, 3.05) is 13.1 Å². The molecule has 0 unspecified atom stereocenters. The van der Waals surface area contributed by atoms with Gasteiger partial charge in [0.1, 0.15) is 5.69 Å². The molecule has 0 spiro atoms. The predicted molar refractivity (Wildman–Crippen MR) is 88.9 cm³/mol. The molecule has 0 bridgehead atoms. The molecule has 3 heterocycles. The zero-order chi connectivity index (χ0) is 17.9. The van der Waals surface area contributed by atoms with Gasteiger partial charge < -0.3 is 4.42 Å². The molecule has 1 aliphatic heterocycles. The molecule has 1 atom stereocenters. The van der Waals surface area contributed by atoms with Crippen LogP contribution < -0.4 is 0 Å². The van der Waals surface area contributed by atoms with Gasteiger partial charge in [0.2, 0.25) is 5.89 Å². The molecule has 1 aliphatic rings. The Morgan fingerprint density at radius 1 is 1.15 bits per heavy atom. The summed E-state index contributed by atoms with van der Waals surface area (Å²) in [7, 11) is 0. The molecule has 6 nitrogen and oxygen atoms in total. The van der Waals surface area contributed by atoms with Crippen molar-refractivity contribution >= 4 is 0 Å². The van der Waals surface area contributed by atoms with Crippen molar-refractivity contribution in [1.29, 1.82) is 0 Å². The molecule has 1 fully saturated rings. The number of aromatic nitrogens is 4. The van der Waals surface area contributed by atoms with Gasteiger partial charge in [-0.3, -0.25) is 9.88 Å². The van der Waals surface area contributed by atoms with E-state index in [1.807, 2.05) is 0 Å². The molecule has 0 amide bonds. The lowest BCUT2D eigenvalue weighted by Gasteiger charge is -2.31. The van der Waals surface area contributed by atoms with E-state index >= 15 is 0 Å². The summed E-state index contributed by atoms with van der Waals surface area (Å²) in [6.07, 6.45) is 6.64. The molecule has 4 rings (SSSR count). The Labute approximate surface area is 148 Å². The third kappa shape index (κ3) is 3.60. The fourth-order valence-corrected chi connectivity index (χ4v) is 3.21. The Morgan fingerprint density at radius 2 is 2.08 bits per heavy atom. The fourth-order valence-electron chi connectivity index (χ4n) is 3.21. The van der Waals surface area contributed by atoms with Crippen molar-refractivity contribution in [3.8, 4) is 11.6 Å². The van der Waals surface area contributed by atoms with Crippen LogP contribution in [0.15, 0.2) is 41.2 Å². The smallest absolute Gasteiger partial charge is 0.267 e. The molecule has 0 aliphatic carbocycles. The van der Waals surface area contributed by atoms with Gasteiger partial charge in [-0.25, -0.2) is 13.8 Å². The number of hydrogen-bond acceptors (Lipinski definition) is 6. The van der Waals surface area contributed by atoms with Crippen molar-refractivity contribution in [3.63, 3.8) is 0 Å². The minimum atomic E-state index is -0.826. The van der Waals surface area contributed by atoms with E-state index in [2.05, 4.69) is 25.1 Å². The van der Waals surface area contributed by atoms with Gasteiger partial charge in [0, 0.05) is 25.5 Å². The molecule has 3 aromatic rings. The third-order valence-electron chi connectivity index (χ3n) is 4.47. The minimum absolute atomic E-state index is 0.104. The van der Waals surface area contributed by atoms with Crippen LogP contribution in [0.4, 0.5) is 8.78 Å². The first-order valence-electron chi connectivity index (χ1n) is 8.45. The molecule has 1 saturated heterocycles. The summed E-state index contributed by atoms with van der Waals surface area (Å²) < 4.78 is 32.3. The molecular weight excluding hydrogens is 340 g/mol. The zero-order valence-electron chi connectivity index (χ0n) is 14.0. The number of piperidine rings is 1. The number of benzene rings is 1. The summed E-state index contributed by atoms with van der Waals surface area (Å²) in [6.45, 7) is 2.17. The quantitative estimate of drug-likeness (QED) is 0.714. The van der Waals surface area contributed by atoms with E-state index in [0.717, 1.165) is 37.6 Å². The van der Waals surface area contributed by atoms with Crippen LogP contribution in [0.2, 0.25) is 0 Å². The van der Waals surface area contributed by atoms with Crippen molar-refractivity contribution in [2.24, 2.45) is 0 Å². The standard InChI is InChI=1S/C18H17F2N5O/c19-14-4-3-12(8-15(14)20)10-25-7-1-2-13(11-25)17-23-24-18(26-17)16-9-21-5-6-22-16/h3-6,8-9,13H,1-2,7,10-11H2/t13-/m1/s1. The van der Waals surface area contributed by atoms with Gasteiger partial charge >= 0.3 is 0 Å². The second kappa shape index (κ2) is 7.25. The lowest BCUT2D eigenvalue weighted by atomic mass is 9.97. The number of likely N-dealkylation sites (tertiary alicyclic amines) is 1. The van der Waals surface area contributed by atoms with Gasteiger partial charge in [-0.2, -0.15) is 0 Å². The first-order chi connectivity index (χ1) is 12.7. The van der Waals surface area contributed by atoms with Crippen LogP contribution in [0, 0.1) is 11.6 Å². The van der Waals surface area contributed by atoms with Gasteiger partial charge in [0.05, 0.1) is 12.1 Å². The Kier molecular flexibility index (Phi) is 4.66. The predicted octanol–water partition coefficient (Wildman–Crippen LogP) is 3.18. The monoisotopic (exact) mass is 357 g/mol. The van der Waals surface area contributed by atoms with Crippen molar-refractivity contribution in [1.82, 2.24) is 25.1 Å². The lowest BCUT2D eigenvalue weighted by Crippen LogP contribution is -2.34. The van der Waals surface area contributed by atoms with E-state index in [4.69, 9.17) is 4.42 Å². The molecular formula is C18H17F2N5O. The summed E-state index contributed by atoms with van der Waals surface area (Å²) >= 11 is 0. The van der Waals surface area contributed by atoms with Gasteiger partial charge in [-0.15, -0.1) is 10.2 Å². The van der Waals surface area contributed by atoms with Crippen LogP contribution in [0.1, 0.15) is 30.2 Å². The van der Waals surface area contributed by atoms with Gasteiger partial charge in [-0.05, 0) is 37.1 Å². The van der Waals surface area contributed by atoms with Crippen molar-refractivity contribution in [2.45, 2.75) is 25.3 Å². The topological polar surface area (TPSA) is 67.9 Å². The van der Waals surface area contributed by atoms with Crippen LogP contribution >= 0.6 is 0 Å². The van der Waals surface area contributed by atoms with E-state index < -0.39 is 11.6 Å². The maximum absolute atomic E-state index is 13.4. The SMILES string of the molecule is Fc1ccc(CN2CCC[C@@H](c3nnc(-c4cnccn4)o3)C2)cc1F. The first kappa shape index (κ1) is 16.7. The maximum atomic E-state index is 13.4. The van der Waals surface area contributed by atoms with Crippen LogP contribution in [0.3, 0.4) is 0 Å². The molecule has 26 heavy (non-hydrogen) atoms. The third-order valence-corrected chi connectivity index (χ3v) is 4.47.